The minimum atomic E-state index is -0.726. The van der Waals surface area contributed by atoms with Gasteiger partial charge in [0.1, 0.15) is 10.3 Å². The lowest BCUT2D eigenvalue weighted by Crippen LogP contribution is -2.40. The smallest absolute Gasteiger partial charge is 0.338 e. The number of benzene rings is 2. The first kappa shape index (κ1) is 25.9. The fourth-order valence-electron chi connectivity index (χ4n) is 3.98. The SMILES string of the molecule is CCOC(=O)C1=C(C)N=c2s/c(=C\Nc3ccc(C(=O)OCC)cc3)c(=O)n2[C@H]1c1cccc(OC)c1. The number of allylic oxidation sites excluding steroid dienone is 1. The van der Waals surface area contributed by atoms with Crippen molar-refractivity contribution in [2.75, 3.05) is 25.6 Å². The topological polar surface area (TPSA) is 108 Å². The Kier molecular flexibility index (Phi) is 7.88. The van der Waals surface area contributed by atoms with E-state index < -0.39 is 18.0 Å². The highest BCUT2D eigenvalue weighted by molar-refractivity contribution is 7.07. The van der Waals surface area contributed by atoms with Gasteiger partial charge in [0.15, 0.2) is 4.80 Å². The van der Waals surface area contributed by atoms with Gasteiger partial charge in [-0.3, -0.25) is 9.36 Å². The first-order valence-corrected chi connectivity index (χ1v) is 12.5. The van der Waals surface area contributed by atoms with Crippen LogP contribution in [0.5, 0.6) is 5.75 Å². The standard InChI is InChI=1S/C27H27N3O6S/c1-5-35-25(32)17-10-12-19(13-11-17)28-15-21-24(31)30-23(18-8-7-9-20(14-18)34-4)22(26(33)36-6-2)16(3)29-27(30)37-21/h7-15,23,28H,5-6H2,1-4H3/b21-15-/t23-/m0/s1. The van der Waals surface area contributed by atoms with Crippen LogP contribution in [-0.4, -0.2) is 36.8 Å². The van der Waals surface area contributed by atoms with Crippen LogP contribution in [0.3, 0.4) is 0 Å². The summed E-state index contributed by atoms with van der Waals surface area (Å²) < 4.78 is 17.6. The summed E-state index contributed by atoms with van der Waals surface area (Å²) in [5.74, 6) is -0.316. The molecule has 0 fully saturated rings. The van der Waals surface area contributed by atoms with Crippen LogP contribution < -0.4 is 24.9 Å². The molecule has 0 saturated heterocycles. The third kappa shape index (κ3) is 5.34. The number of ether oxygens (including phenoxy) is 3. The molecule has 37 heavy (non-hydrogen) atoms. The van der Waals surface area contributed by atoms with Crippen LogP contribution in [0.15, 0.2) is 69.6 Å². The Labute approximate surface area is 217 Å². The van der Waals surface area contributed by atoms with Crippen molar-refractivity contribution >= 4 is 35.2 Å². The zero-order valence-electron chi connectivity index (χ0n) is 20.9. The molecule has 2 aromatic carbocycles. The van der Waals surface area contributed by atoms with E-state index in [1.807, 2.05) is 12.1 Å². The molecule has 192 valence electrons. The van der Waals surface area contributed by atoms with E-state index in [2.05, 4.69) is 10.3 Å². The number of methoxy groups -OCH3 is 1. The highest BCUT2D eigenvalue weighted by Crippen LogP contribution is 2.32. The van der Waals surface area contributed by atoms with Crippen molar-refractivity contribution in [3.8, 4) is 5.75 Å². The third-order valence-corrected chi connectivity index (χ3v) is 6.68. The second-order valence-electron chi connectivity index (χ2n) is 8.02. The Hall–Kier alpha value is -4.18. The van der Waals surface area contributed by atoms with E-state index in [4.69, 9.17) is 14.2 Å². The Morgan fingerprint density at radius 3 is 2.46 bits per heavy atom. The average molecular weight is 522 g/mol. The van der Waals surface area contributed by atoms with Crippen LogP contribution in [0.2, 0.25) is 0 Å². The Bertz CT molecular complexity index is 1540. The molecule has 2 heterocycles. The minimum absolute atomic E-state index is 0.198. The number of thiazole rings is 1. The molecule has 0 aliphatic carbocycles. The van der Waals surface area contributed by atoms with E-state index in [9.17, 15) is 14.4 Å². The van der Waals surface area contributed by atoms with Crippen LogP contribution in [0, 0.1) is 0 Å². The summed E-state index contributed by atoms with van der Waals surface area (Å²) in [7, 11) is 1.56. The number of hydrogen-bond acceptors (Lipinski definition) is 9. The number of fused-ring (bicyclic) bond motifs is 1. The molecular weight excluding hydrogens is 494 g/mol. The Morgan fingerprint density at radius 1 is 1.08 bits per heavy atom. The van der Waals surface area contributed by atoms with Gasteiger partial charge in [0.2, 0.25) is 0 Å². The summed E-state index contributed by atoms with van der Waals surface area (Å²) in [6, 6.07) is 13.3. The molecule has 1 aliphatic rings. The fourth-order valence-corrected chi connectivity index (χ4v) is 4.95. The van der Waals surface area contributed by atoms with Crippen LogP contribution in [-0.2, 0) is 14.3 Å². The zero-order chi connectivity index (χ0) is 26.5. The van der Waals surface area contributed by atoms with Gasteiger partial charge in [-0.05, 0) is 62.7 Å². The minimum Gasteiger partial charge on any atom is -0.497 e. The summed E-state index contributed by atoms with van der Waals surface area (Å²) in [5.41, 5.74) is 2.31. The summed E-state index contributed by atoms with van der Waals surface area (Å²) in [6.45, 7) is 5.71. The number of rotatable bonds is 8. The molecule has 0 amide bonds. The number of carbonyl (C=O) groups is 2. The molecular formula is C27H27N3O6S. The molecule has 10 heteroatoms. The van der Waals surface area contributed by atoms with Crippen molar-refractivity contribution in [1.82, 2.24) is 4.57 Å². The van der Waals surface area contributed by atoms with E-state index in [1.54, 1.807) is 70.5 Å². The fraction of sp³-hybridized carbons (Fsp3) is 0.259. The highest BCUT2D eigenvalue weighted by atomic mass is 32.1. The van der Waals surface area contributed by atoms with Crippen molar-refractivity contribution < 1.29 is 23.8 Å². The molecule has 3 aromatic rings. The second-order valence-corrected chi connectivity index (χ2v) is 9.03. The number of hydrogen-bond donors (Lipinski definition) is 1. The van der Waals surface area contributed by atoms with Crippen molar-refractivity contribution in [2.24, 2.45) is 4.99 Å². The largest absolute Gasteiger partial charge is 0.497 e. The van der Waals surface area contributed by atoms with Gasteiger partial charge in [-0.15, -0.1) is 0 Å². The van der Waals surface area contributed by atoms with E-state index in [1.165, 1.54) is 15.9 Å². The zero-order valence-corrected chi connectivity index (χ0v) is 21.8. The number of nitrogens with zero attached hydrogens (tertiary/aromatic N) is 2. The van der Waals surface area contributed by atoms with Crippen molar-refractivity contribution in [3.63, 3.8) is 0 Å². The number of anilines is 1. The number of aromatic nitrogens is 1. The van der Waals surface area contributed by atoms with Crippen LogP contribution in [0.4, 0.5) is 5.69 Å². The molecule has 0 unspecified atom stereocenters. The highest BCUT2D eigenvalue weighted by Gasteiger charge is 2.33. The molecule has 0 radical (unpaired) electrons. The molecule has 1 aliphatic heterocycles. The van der Waals surface area contributed by atoms with Gasteiger partial charge < -0.3 is 19.5 Å². The first-order valence-electron chi connectivity index (χ1n) is 11.7. The molecule has 9 nitrogen and oxygen atoms in total. The van der Waals surface area contributed by atoms with Crippen LogP contribution in [0.1, 0.15) is 42.7 Å². The summed E-state index contributed by atoms with van der Waals surface area (Å²) >= 11 is 1.21. The Balaban J connectivity index is 1.76. The van der Waals surface area contributed by atoms with E-state index in [0.29, 0.717) is 49.8 Å². The quantitative estimate of drug-likeness (QED) is 0.454. The maximum absolute atomic E-state index is 13.6. The predicted molar refractivity (Wildman–Crippen MR) is 140 cm³/mol. The second kappa shape index (κ2) is 11.3. The van der Waals surface area contributed by atoms with Gasteiger partial charge in [-0.25, -0.2) is 14.6 Å². The molecule has 0 bridgehead atoms. The van der Waals surface area contributed by atoms with Crippen LogP contribution >= 0.6 is 11.3 Å². The van der Waals surface area contributed by atoms with Crippen molar-refractivity contribution in [2.45, 2.75) is 26.8 Å². The van der Waals surface area contributed by atoms with Gasteiger partial charge in [0.25, 0.3) is 5.56 Å². The van der Waals surface area contributed by atoms with E-state index >= 15 is 0 Å². The van der Waals surface area contributed by atoms with Gasteiger partial charge in [-0.2, -0.15) is 0 Å². The molecule has 4 rings (SSSR count). The summed E-state index contributed by atoms with van der Waals surface area (Å²) in [6.07, 6.45) is 1.59. The lowest BCUT2D eigenvalue weighted by molar-refractivity contribution is -0.139. The van der Waals surface area contributed by atoms with E-state index in [-0.39, 0.29) is 12.2 Å². The van der Waals surface area contributed by atoms with Crippen molar-refractivity contribution in [1.29, 1.82) is 0 Å². The maximum Gasteiger partial charge on any atom is 0.338 e. The lowest BCUT2D eigenvalue weighted by Gasteiger charge is -2.24. The molecule has 1 atom stereocenters. The Morgan fingerprint density at radius 2 is 1.78 bits per heavy atom. The van der Waals surface area contributed by atoms with Gasteiger partial charge in [0.05, 0.1) is 43.2 Å². The molecule has 0 saturated carbocycles. The average Bonchev–Trinajstić information content (AvgIpc) is 3.21. The summed E-state index contributed by atoms with van der Waals surface area (Å²) in [4.78, 5) is 43.5. The van der Waals surface area contributed by atoms with Crippen LogP contribution in [0.25, 0.3) is 6.20 Å². The normalized spacial score (nSPS) is 15.0. The van der Waals surface area contributed by atoms with Gasteiger partial charge in [-0.1, -0.05) is 23.5 Å². The molecule has 1 N–H and O–H groups in total. The first-order chi connectivity index (χ1) is 17.9. The van der Waals surface area contributed by atoms with E-state index in [0.717, 1.165) is 0 Å². The van der Waals surface area contributed by atoms with Gasteiger partial charge in [0, 0.05) is 11.9 Å². The maximum atomic E-state index is 13.6. The molecule has 0 spiro atoms. The summed E-state index contributed by atoms with van der Waals surface area (Å²) in [5, 5.41) is 3.10. The van der Waals surface area contributed by atoms with Crippen molar-refractivity contribution in [3.05, 3.63) is 90.6 Å². The molecule has 1 aromatic heterocycles. The number of carbonyl (C=O) groups excluding carboxylic acids is 2. The third-order valence-electron chi connectivity index (χ3n) is 5.69. The monoisotopic (exact) mass is 521 g/mol. The predicted octanol–water partition coefficient (Wildman–Crippen LogP) is 3.00. The van der Waals surface area contributed by atoms with Gasteiger partial charge >= 0.3 is 11.9 Å². The number of esters is 2. The number of nitrogens with one attached hydrogen (secondary N) is 1. The lowest BCUT2D eigenvalue weighted by atomic mass is 9.95.